The number of hydrogen-bond donors (Lipinski definition) is 1. The molecule has 0 aliphatic heterocycles. The Labute approximate surface area is 119 Å². The summed E-state index contributed by atoms with van der Waals surface area (Å²) in [6, 6.07) is 8.02. The lowest BCUT2D eigenvalue weighted by atomic mass is 10.1. The van der Waals surface area contributed by atoms with Crippen LogP contribution >= 0.6 is 15.9 Å². The van der Waals surface area contributed by atoms with Gasteiger partial charge in [0, 0.05) is 29.6 Å². The summed E-state index contributed by atoms with van der Waals surface area (Å²) >= 11 is 3.71. The second kappa shape index (κ2) is 6.07. The van der Waals surface area contributed by atoms with Crippen molar-refractivity contribution in [3.8, 4) is 0 Å². The molecular formula is C15H23BrN2. The Bertz CT molecular complexity index is 399. The van der Waals surface area contributed by atoms with E-state index in [1.807, 2.05) is 0 Å². The number of halogens is 1. The molecule has 1 fully saturated rings. The number of hydrogen-bond acceptors (Lipinski definition) is 2. The summed E-state index contributed by atoms with van der Waals surface area (Å²) < 4.78 is 1.20. The fourth-order valence-corrected chi connectivity index (χ4v) is 2.91. The van der Waals surface area contributed by atoms with Crippen molar-refractivity contribution in [1.29, 1.82) is 0 Å². The van der Waals surface area contributed by atoms with Gasteiger partial charge in [0.1, 0.15) is 0 Å². The summed E-state index contributed by atoms with van der Waals surface area (Å²) in [5, 5.41) is 3.55. The standard InChI is InChI=1S/C15H23BrN2/c1-4-18(11(2)3)15-8-5-12(9-14(15)16)10-17-13-6-7-13/h5,8-9,11,13,17H,4,6-7,10H2,1-3H3. The Morgan fingerprint density at radius 2 is 2.11 bits per heavy atom. The number of anilines is 1. The quantitative estimate of drug-likeness (QED) is 0.856. The Hall–Kier alpha value is -0.540. The first-order chi connectivity index (χ1) is 8.61. The smallest absolute Gasteiger partial charge is 0.0513 e. The first kappa shape index (κ1) is 13.9. The molecular weight excluding hydrogens is 288 g/mol. The van der Waals surface area contributed by atoms with Crippen LogP contribution in [-0.4, -0.2) is 18.6 Å². The van der Waals surface area contributed by atoms with E-state index < -0.39 is 0 Å². The molecule has 0 amide bonds. The van der Waals surface area contributed by atoms with Gasteiger partial charge < -0.3 is 10.2 Å². The van der Waals surface area contributed by atoms with E-state index in [4.69, 9.17) is 0 Å². The molecule has 1 saturated carbocycles. The van der Waals surface area contributed by atoms with Gasteiger partial charge in [0.15, 0.2) is 0 Å². The minimum atomic E-state index is 0.529. The summed E-state index contributed by atoms with van der Waals surface area (Å²) in [6.45, 7) is 8.69. The highest BCUT2D eigenvalue weighted by molar-refractivity contribution is 9.10. The molecule has 0 unspecified atom stereocenters. The van der Waals surface area contributed by atoms with Gasteiger partial charge in [-0.25, -0.2) is 0 Å². The number of rotatable bonds is 6. The molecule has 1 aromatic carbocycles. The van der Waals surface area contributed by atoms with Crippen LogP contribution in [-0.2, 0) is 6.54 Å². The normalized spacial score (nSPS) is 15.2. The van der Waals surface area contributed by atoms with Gasteiger partial charge in [-0.3, -0.25) is 0 Å². The Morgan fingerprint density at radius 1 is 1.39 bits per heavy atom. The second-order valence-corrected chi connectivity index (χ2v) is 6.18. The highest BCUT2D eigenvalue weighted by Gasteiger charge is 2.20. The zero-order chi connectivity index (χ0) is 13.1. The topological polar surface area (TPSA) is 15.3 Å². The molecule has 18 heavy (non-hydrogen) atoms. The van der Waals surface area contributed by atoms with Crippen LogP contribution in [0.4, 0.5) is 5.69 Å². The van der Waals surface area contributed by atoms with Crippen LogP contribution < -0.4 is 10.2 Å². The molecule has 0 radical (unpaired) electrons. The molecule has 1 N–H and O–H groups in total. The molecule has 2 nitrogen and oxygen atoms in total. The lowest BCUT2D eigenvalue weighted by Gasteiger charge is -2.28. The van der Waals surface area contributed by atoms with E-state index in [0.717, 1.165) is 19.1 Å². The highest BCUT2D eigenvalue weighted by Crippen LogP contribution is 2.29. The maximum Gasteiger partial charge on any atom is 0.0513 e. The SMILES string of the molecule is CCN(c1ccc(CNC2CC2)cc1Br)C(C)C. The van der Waals surface area contributed by atoms with Crippen LogP contribution in [0.5, 0.6) is 0 Å². The van der Waals surface area contributed by atoms with Gasteiger partial charge >= 0.3 is 0 Å². The number of nitrogens with one attached hydrogen (secondary N) is 1. The van der Waals surface area contributed by atoms with Crippen molar-refractivity contribution in [2.75, 3.05) is 11.4 Å². The first-order valence-electron chi connectivity index (χ1n) is 6.90. The molecule has 0 spiro atoms. The minimum absolute atomic E-state index is 0.529. The van der Waals surface area contributed by atoms with Gasteiger partial charge in [-0.2, -0.15) is 0 Å². The Morgan fingerprint density at radius 3 is 2.61 bits per heavy atom. The minimum Gasteiger partial charge on any atom is -0.368 e. The molecule has 0 heterocycles. The molecule has 0 atom stereocenters. The largest absolute Gasteiger partial charge is 0.368 e. The predicted octanol–water partition coefficient (Wildman–Crippen LogP) is 3.94. The second-order valence-electron chi connectivity index (χ2n) is 5.32. The third-order valence-electron chi connectivity index (χ3n) is 3.46. The van der Waals surface area contributed by atoms with Crippen LogP contribution in [0.15, 0.2) is 22.7 Å². The average molecular weight is 311 g/mol. The number of nitrogens with zero attached hydrogens (tertiary/aromatic N) is 1. The van der Waals surface area contributed by atoms with Gasteiger partial charge in [-0.1, -0.05) is 6.07 Å². The maximum atomic E-state index is 3.71. The Balaban J connectivity index is 2.07. The van der Waals surface area contributed by atoms with Crippen molar-refractivity contribution in [2.24, 2.45) is 0 Å². The average Bonchev–Trinajstić information content (AvgIpc) is 3.13. The summed E-state index contributed by atoms with van der Waals surface area (Å²) in [5.41, 5.74) is 2.65. The van der Waals surface area contributed by atoms with Gasteiger partial charge in [0.05, 0.1) is 5.69 Å². The van der Waals surface area contributed by atoms with Crippen LogP contribution in [0.1, 0.15) is 39.2 Å². The van der Waals surface area contributed by atoms with Crippen LogP contribution in [0.25, 0.3) is 0 Å². The zero-order valence-corrected chi connectivity index (χ0v) is 13.1. The summed E-state index contributed by atoms with van der Waals surface area (Å²) in [6.07, 6.45) is 2.69. The van der Waals surface area contributed by atoms with Crippen molar-refractivity contribution in [3.63, 3.8) is 0 Å². The summed E-state index contributed by atoms with van der Waals surface area (Å²) in [7, 11) is 0. The third-order valence-corrected chi connectivity index (χ3v) is 4.09. The van der Waals surface area contributed by atoms with Gasteiger partial charge in [0.2, 0.25) is 0 Å². The molecule has 0 bridgehead atoms. The molecule has 1 aromatic rings. The van der Waals surface area contributed by atoms with Gasteiger partial charge in [0.25, 0.3) is 0 Å². The van der Waals surface area contributed by atoms with Crippen LogP contribution in [0, 0.1) is 0 Å². The summed E-state index contributed by atoms with van der Waals surface area (Å²) in [5.74, 6) is 0. The van der Waals surface area contributed by atoms with Crippen LogP contribution in [0.2, 0.25) is 0 Å². The lowest BCUT2D eigenvalue weighted by Crippen LogP contribution is -2.30. The van der Waals surface area contributed by atoms with E-state index in [-0.39, 0.29) is 0 Å². The van der Waals surface area contributed by atoms with Crippen molar-refractivity contribution in [1.82, 2.24) is 5.32 Å². The van der Waals surface area contributed by atoms with Crippen molar-refractivity contribution < 1.29 is 0 Å². The van der Waals surface area contributed by atoms with E-state index in [0.29, 0.717) is 6.04 Å². The van der Waals surface area contributed by atoms with Gasteiger partial charge in [-0.15, -0.1) is 0 Å². The summed E-state index contributed by atoms with van der Waals surface area (Å²) in [4.78, 5) is 2.40. The molecule has 100 valence electrons. The van der Waals surface area contributed by atoms with E-state index in [2.05, 4.69) is 65.1 Å². The maximum absolute atomic E-state index is 3.71. The van der Waals surface area contributed by atoms with Crippen molar-refractivity contribution in [3.05, 3.63) is 28.2 Å². The molecule has 0 aromatic heterocycles. The van der Waals surface area contributed by atoms with Gasteiger partial charge in [-0.05, 0) is 67.2 Å². The Kier molecular flexibility index (Phi) is 4.68. The van der Waals surface area contributed by atoms with E-state index >= 15 is 0 Å². The molecule has 1 aliphatic rings. The molecule has 3 heteroatoms. The highest BCUT2D eigenvalue weighted by atomic mass is 79.9. The monoisotopic (exact) mass is 310 g/mol. The molecule has 0 saturated heterocycles. The van der Waals surface area contributed by atoms with Crippen molar-refractivity contribution in [2.45, 2.75) is 52.2 Å². The first-order valence-corrected chi connectivity index (χ1v) is 7.69. The molecule has 2 rings (SSSR count). The van der Waals surface area contributed by atoms with E-state index in [1.54, 1.807) is 0 Å². The zero-order valence-electron chi connectivity index (χ0n) is 11.5. The van der Waals surface area contributed by atoms with Crippen molar-refractivity contribution >= 4 is 21.6 Å². The van der Waals surface area contributed by atoms with E-state index in [9.17, 15) is 0 Å². The predicted molar refractivity (Wildman–Crippen MR) is 82.2 cm³/mol. The lowest BCUT2D eigenvalue weighted by molar-refractivity contribution is 0.685. The molecule has 1 aliphatic carbocycles. The third kappa shape index (κ3) is 3.48. The fraction of sp³-hybridized carbons (Fsp3) is 0.600. The fourth-order valence-electron chi connectivity index (χ4n) is 2.26. The van der Waals surface area contributed by atoms with E-state index in [1.165, 1.54) is 28.6 Å². The number of benzene rings is 1. The van der Waals surface area contributed by atoms with Crippen LogP contribution in [0.3, 0.4) is 0 Å².